The molecule has 0 saturated carbocycles. The maximum atomic E-state index is 14.7. The fourth-order valence-corrected chi connectivity index (χ4v) is 3.97. The van der Waals surface area contributed by atoms with Crippen LogP contribution in [0.15, 0.2) is 16.9 Å². The summed E-state index contributed by atoms with van der Waals surface area (Å²) in [6.07, 6.45) is 3.72. The van der Waals surface area contributed by atoms with E-state index in [1.165, 1.54) is 6.08 Å². The Kier molecular flexibility index (Phi) is 11.3. The van der Waals surface area contributed by atoms with Crippen molar-refractivity contribution in [3.05, 3.63) is 11.9 Å². The zero-order valence-corrected chi connectivity index (χ0v) is 21.4. The molecule has 0 aromatic rings. The van der Waals surface area contributed by atoms with E-state index in [1.54, 1.807) is 6.92 Å². The zero-order chi connectivity index (χ0) is 25.2. The summed E-state index contributed by atoms with van der Waals surface area (Å²) in [5.74, 6) is 5.84. The number of nitrogens with one attached hydrogen (secondary N) is 2. The number of hydrogen-bond acceptors (Lipinski definition) is 6. The lowest BCUT2D eigenvalue weighted by Crippen LogP contribution is -2.53. The first-order chi connectivity index (χ1) is 15.4. The average molecular weight is 467 g/mol. The van der Waals surface area contributed by atoms with Crippen LogP contribution in [0, 0.1) is 22.7 Å². The average Bonchev–Trinajstić information content (AvgIpc) is 2.75. The third kappa shape index (κ3) is 8.59. The summed E-state index contributed by atoms with van der Waals surface area (Å²) >= 11 is 0. The Morgan fingerprint density at radius 3 is 2.39 bits per heavy atom. The summed E-state index contributed by atoms with van der Waals surface area (Å²) in [7, 11) is 0. The van der Waals surface area contributed by atoms with Crippen LogP contribution < -0.4 is 16.6 Å². The molecule has 1 unspecified atom stereocenters. The smallest absolute Gasteiger partial charge is 0.407 e. The minimum atomic E-state index is -1.22. The zero-order valence-electron chi connectivity index (χ0n) is 21.4. The fourth-order valence-electron chi connectivity index (χ4n) is 3.97. The van der Waals surface area contributed by atoms with Crippen LogP contribution in [0.4, 0.5) is 9.18 Å². The number of hydrazine groups is 1. The maximum Gasteiger partial charge on any atom is 0.407 e. The highest BCUT2D eigenvalue weighted by molar-refractivity contribution is 5.87. The minimum absolute atomic E-state index is 0.0250. The molecule has 0 radical (unpaired) electrons. The fraction of sp³-hybridized carbons (Fsp3) is 0.792. The maximum absolute atomic E-state index is 14.7. The molecule has 0 aromatic carbocycles. The van der Waals surface area contributed by atoms with Gasteiger partial charge in [0.05, 0.1) is 12.1 Å². The lowest BCUT2D eigenvalue weighted by molar-refractivity contribution is 0.0488. The van der Waals surface area contributed by atoms with Crippen molar-refractivity contribution >= 4 is 11.9 Å². The standard InChI is InChI=1S/C24H43FN6O2/c1-8-10-20(25)24(7,16-26)18(9-2)15-28-21(17(3)30-27)31-13-11-19(12-14-31)29-22(32)33-23(4,5)6/h10,17-19,30H,8-9,11-15,27H2,1-7H3,(H,29,32)/b20-10+,28-21+/t17?,18-,24-/m1/s1. The first kappa shape index (κ1) is 28.9. The van der Waals surface area contributed by atoms with Gasteiger partial charge in [0.2, 0.25) is 0 Å². The number of hydrogen-bond donors (Lipinski definition) is 3. The van der Waals surface area contributed by atoms with Crippen LogP contribution in [0.3, 0.4) is 0 Å². The van der Waals surface area contributed by atoms with Crippen LogP contribution >= 0.6 is 0 Å². The van der Waals surface area contributed by atoms with E-state index in [0.717, 1.165) is 18.7 Å². The van der Waals surface area contributed by atoms with Crippen molar-refractivity contribution in [2.75, 3.05) is 19.6 Å². The molecule has 0 spiro atoms. The van der Waals surface area contributed by atoms with Crippen molar-refractivity contribution < 1.29 is 13.9 Å². The summed E-state index contributed by atoms with van der Waals surface area (Å²) in [6, 6.07) is 2.00. The monoisotopic (exact) mass is 466 g/mol. The van der Waals surface area contributed by atoms with Crippen LogP contribution in [0.25, 0.3) is 0 Å². The molecule has 1 amide bonds. The van der Waals surface area contributed by atoms with E-state index in [-0.39, 0.29) is 18.0 Å². The van der Waals surface area contributed by atoms with Crippen molar-refractivity contribution in [1.82, 2.24) is 15.6 Å². The molecule has 33 heavy (non-hydrogen) atoms. The Balaban J connectivity index is 2.92. The Hall–Kier alpha value is -2.18. The van der Waals surface area contributed by atoms with Crippen LogP contribution in [0.5, 0.6) is 0 Å². The number of ether oxygens (including phenoxy) is 1. The third-order valence-corrected chi connectivity index (χ3v) is 6.07. The highest BCUT2D eigenvalue weighted by Gasteiger charge is 2.38. The molecular weight excluding hydrogens is 423 g/mol. The van der Waals surface area contributed by atoms with E-state index in [0.29, 0.717) is 32.5 Å². The Morgan fingerprint density at radius 2 is 1.94 bits per heavy atom. The van der Waals surface area contributed by atoms with Gasteiger partial charge in [-0.3, -0.25) is 16.3 Å². The second kappa shape index (κ2) is 12.9. The molecule has 4 N–H and O–H groups in total. The van der Waals surface area contributed by atoms with Gasteiger partial charge in [-0.2, -0.15) is 5.26 Å². The Morgan fingerprint density at radius 1 is 1.33 bits per heavy atom. The number of amides is 1. The highest BCUT2D eigenvalue weighted by atomic mass is 19.1. The van der Waals surface area contributed by atoms with Gasteiger partial charge in [0.1, 0.15) is 22.7 Å². The van der Waals surface area contributed by atoms with Gasteiger partial charge in [-0.25, -0.2) is 9.18 Å². The van der Waals surface area contributed by atoms with Crippen molar-refractivity contribution in [3.8, 4) is 6.07 Å². The minimum Gasteiger partial charge on any atom is -0.444 e. The molecule has 1 fully saturated rings. The van der Waals surface area contributed by atoms with Gasteiger partial charge in [-0.1, -0.05) is 19.9 Å². The quantitative estimate of drug-likeness (QED) is 0.204. The molecule has 188 valence electrons. The molecule has 8 nitrogen and oxygen atoms in total. The lowest BCUT2D eigenvalue weighted by Gasteiger charge is -2.37. The first-order valence-corrected chi connectivity index (χ1v) is 11.9. The molecule has 1 aliphatic heterocycles. The second-order valence-corrected chi connectivity index (χ2v) is 9.87. The molecule has 3 atom stereocenters. The predicted octanol–water partition coefficient (Wildman–Crippen LogP) is 4.05. The van der Waals surface area contributed by atoms with E-state index < -0.39 is 22.9 Å². The highest BCUT2D eigenvalue weighted by Crippen LogP contribution is 2.38. The van der Waals surface area contributed by atoms with Crippen LogP contribution in [0.2, 0.25) is 0 Å². The largest absolute Gasteiger partial charge is 0.444 e. The van der Waals surface area contributed by atoms with Gasteiger partial charge in [0.15, 0.2) is 0 Å². The van der Waals surface area contributed by atoms with Crippen molar-refractivity contribution in [1.29, 1.82) is 5.26 Å². The van der Waals surface area contributed by atoms with E-state index in [1.807, 2.05) is 41.5 Å². The van der Waals surface area contributed by atoms with Crippen LogP contribution in [-0.2, 0) is 4.74 Å². The number of amidine groups is 1. The molecule has 1 saturated heterocycles. The Labute approximate surface area is 198 Å². The molecule has 0 aliphatic carbocycles. The number of carbonyl (C=O) groups excluding carboxylic acids is 1. The van der Waals surface area contributed by atoms with Crippen molar-refractivity contribution in [2.24, 2.45) is 22.2 Å². The van der Waals surface area contributed by atoms with Gasteiger partial charge in [0.25, 0.3) is 0 Å². The first-order valence-electron chi connectivity index (χ1n) is 11.9. The topological polar surface area (TPSA) is 116 Å². The number of rotatable bonds is 9. The molecule has 9 heteroatoms. The number of nitriles is 1. The van der Waals surface area contributed by atoms with Crippen molar-refractivity contribution in [3.63, 3.8) is 0 Å². The molecule has 1 heterocycles. The number of halogens is 1. The summed E-state index contributed by atoms with van der Waals surface area (Å²) < 4.78 is 20.1. The van der Waals surface area contributed by atoms with Crippen molar-refractivity contribution in [2.45, 2.75) is 91.8 Å². The molecule has 0 aromatic heterocycles. The number of allylic oxidation sites excluding steroid dienone is 2. The molecular formula is C24H43FN6O2. The van der Waals surface area contributed by atoms with E-state index in [2.05, 4.69) is 21.7 Å². The van der Waals surface area contributed by atoms with E-state index >= 15 is 0 Å². The summed E-state index contributed by atoms with van der Waals surface area (Å²) in [6.45, 7) is 14.6. The molecule has 1 aliphatic rings. The van der Waals surface area contributed by atoms with Crippen LogP contribution in [-0.4, -0.2) is 54.1 Å². The predicted molar refractivity (Wildman–Crippen MR) is 130 cm³/mol. The summed E-state index contributed by atoms with van der Waals surface area (Å²) in [5.41, 5.74) is 1.00. The SMILES string of the molecule is CC/C=C(/F)[C@](C)(C#N)[C@H](CC)C/N=C(\C(C)NN)N1CCC(NC(=O)OC(C)(C)C)CC1. The number of nitrogens with zero attached hydrogens (tertiary/aromatic N) is 3. The number of carbonyl (C=O) groups is 1. The molecule has 0 bridgehead atoms. The van der Waals surface area contributed by atoms with Crippen LogP contribution in [0.1, 0.15) is 74.1 Å². The number of aliphatic imine (C=N–C) groups is 1. The van der Waals surface area contributed by atoms with Gasteiger partial charge in [-0.15, -0.1) is 0 Å². The second-order valence-electron chi connectivity index (χ2n) is 9.87. The van der Waals surface area contributed by atoms with Gasteiger partial charge >= 0.3 is 6.09 Å². The number of likely N-dealkylation sites (tertiary alicyclic amines) is 1. The Bertz CT molecular complexity index is 734. The lowest BCUT2D eigenvalue weighted by atomic mass is 9.75. The van der Waals surface area contributed by atoms with Gasteiger partial charge in [-0.05, 0) is 60.3 Å². The van der Waals surface area contributed by atoms with Gasteiger partial charge < -0.3 is 15.0 Å². The van der Waals surface area contributed by atoms with E-state index in [9.17, 15) is 14.4 Å². The number of alkyl carbamates (subject to hydrolysis) is 1. The van der Waals surface area contributed by atoms with E-state index in [4.69, 9.17) is 15.6 Å². The number of nitrogens with two attached hydrogens (primary N) is 1. The molecule has 1 rings (SSSR count). The third-order valence-electron chi connectivity index (χ3n) is 6.07. The van der Waals surface area contributed by atoms with Gasteiger partial charge in [0, 0.05) is 31.6 Å². The normalized spacial score (nSPS) is 19.9. The summed E-state index contributed by atoms with van der Waals surface area (Å²) in [4.78, 5) is 19.0. The summed E-state index contributed by atoms with van der Waals surface area (Å²) in [5, 5.41) is 12.7. The number of piperidine rings is 1.